The molecule has 1 aromatic heterocycles. The normalized spacial score (nSPS) is 20.8. The molecule has 0 saturated carbocycles. The maximum absolute atomic E-state index is 11.6. The first-order valence-electron chi connectivity index (χ1n) is 5.46. The summed E-state index contributed by atoms with van der Waals surface area (Å²) >= 11 is 0. The molecule has 1 unspecified atom stereocenters. The lowest BCUT2D eigenvalue weighted by molar-refractivity contribution is 0.0952. The molecule has 7 heteroatoms. The van der Waals surface area contributed by atoms with Gasteiger partial charge in [-0.25, -0.2) is 9.89 Å². The molecule has 1 aliphatic rings. The van der Waals surface area contributed by atoms with E-state index in [1.807, 2.05) is 0 Å². The van der Waals surface area contributed by atoms with Crippen molar-refractivity contribution in [3.8, 4) is 0 Å². The van der Waals surface area contributed by atoms with E-state index in [0.29, 0.717) is 13.2 Å². The number of carbonyl (C=O) groups is 1. The van der Waals surface area contributed by atoms with Gasteiger partial charge in [-0.15, -0.1) is 5.10 Å². The Hall–Kier alpha value is -1.66. The van der Waals surface area contributed by atoms with Gasteiger partial charge in [-0.2, -0.15) is 0 Å². The second kappa shape index (κ2) is 4.91. The summed E-state index contributed by atoms with van der Waals surface area (Å²) in [5, 5.41) is 13.7. The molecule has 0 aromatic carbocycles. The quantitative estimate of drug-likeness (QED) is 0.793. The van der Waals surface area contributed by atoms with Crippen LogP contribution in [-0.2, 0) is 4.74 Å². The molecule has 0 spiro atoms. The van der Waals surface area contributed by atoms with E-state index in [1.165, 1.54) is 0 Å². The zero-order valence-corrected chi connectivity index (χ0v) is 9.22. The Kier molecular flexibility index (Phi) is 3.33. The van der Waals surface area contributed by atoms with Gasteiger partial charge < -0.3 is 9.64 Å². The van der Waals surface area contributed by atoms with Gasteiger partial charge in [0.2, 0.25) is 0 Å². The summed E-state index contributed by atoms with van der Waals surface area (Å²) in [5.74, 6) is 0.933. The van der Waals surface area contributed by atoms with Crippen LogP contribution in [0.2, 0.25) is 0 Å². The van der Waals surface area contributed by atoms with E-state index in [4.69, 9.17) is 4.74 Å². The van der Waals surface area contributed by atoms with Gasteiger partial charge in [0.25, 0.3) is 0 Å². The molecule has 2 heterocycles. The number of rotatable bonds is 2. The smallest absolute Gasteiger partial charge is 0.409 e. The van der Waals surface area contributed by atoms with Gasteiger partial charge in [0, 0.05) is 19.0 Å². The first-order valence-corrected chi connectivity index (χ1v) is 5.46. The summed E-state index contributed by atoms with van der Waals surface area (Å²) in [6, 6.07) is 0. The van der Waals surface area contributed by atoms with Gasteiger partial charge in [0.1, 0.15) is 0 Å². The third kappa shape index (κ3) is 2.29. The Balaban J connectivity index is 1.96. The van der Waals surface area contributed by atoms with E-state index in [-0.39, 0.29) is 12.0 Å². The Morgan fingerprint density at radius 1 is 1.69 bits per heavy atom. The van der Waals surface area contributed by atoms with Gasteiger partial charge in [-0.05, 0) is 30.2 Å². The molecule has 1 saturated heterocycles. The molecule has 1 atom stereocenters. The minimum Gasteiger partial charge on any atom is -0.450 e. The number of piperidine rings is 1. The number of hydrogen-bond donors (Lipinski definition) is 1. The number of aromatic nitrogens is 4. The highest BCUT2D eigenvalue weighted by atomic mass is 16.6. The summed E-state index contributed by atoms with van der Waals surface area (Å²) in [6.45, 7) is 3.58. The lowest BCUT2D eigenvalue weighted by Crippen LogP contribution is -2.39. The van der Waals surface area contributed by atoms with Crippen molar-refractivity contribution in [2.75, 3.05) is 19.7 Å². The minimum atomic E-state index is -0.250. The van der Waals surface area contributed by atoms with Crippen molar-refractivity contribution in [2.45, 2.75) is 25.7 Å². The van der Waals surface area contributed by atoms with Crippen molar-refractivity contribution in [3.63, 3.8) is 0 Å². The van der Waals surface area contributed by atoms with Crippen LogP contribution >= 0.6 is 0 Å². The maximum atomic E-state index is 11.6. The molecule has 16 heavy (non-hydrogen) atoms. The zero-order chi connectivity index (χ0) is 11.4. The minimum absolute atomic E-state index is 0.188. The third-order valence-corrected chi connectivity index (χ3v) is 2.70. The summed E-state index contributed by atoms with van der Waals surface area (Å²) in [4.78, 5) is 13.3. The molecule has 1 amide bonds. The summed E-state index contributed by atoms with van der Waals surface area (Å²) < 4.78 is 4.97. The predicted molar refractivity (Wildman–Crippen MR) is 54.7 cm³/mol. The van der Waals surface area contributed by atoms with E-state index < -0.39 is 0 Å². The number of amides is 1. The summed E-state index contributed by atoms with van der Waals surface area (Å²) in [7, 11) is 0. The van der Waals surface area contributed by atoms with E-state index in [0.717, 1.165) is 25.2 Å². The third-order valence-electron chi connectivity index (χ3n) is 2.70. The molecule has 1 aliphatic heterocycles. The Morgan fingerprint density at radius 2 is 2.56 bits per heavy atom. The van der Waals surface area contributed by atoms with E-state index >= 15 is 0 Å². The Morgan fingerprint density at radius 3 is 3.25 bits per heavy atom. The van der Waals surface area contributed by atoms with Crippen molar-refractivity contribution in [2.24, 2.45) is 0 Å². The van der Waals surface area contributed by atoms with Crippen LogP contribution in [-0.4, -0.2) is 51.3 Å². The fourth-order valence-electron chi connectivity index (χ4n) is 1.92. The van der Waals surface area contributed by atoms with Crippen LogP contribution in [0.15, 0.2) is 0 Å². The number of hydrogen-bond acceptors (Lipinski definition) is 5. The molecule has 0 aliphatic carbocycles. The largest absolute Gasteiger partial charge is 0.450 e. The molecule has 1 fully saturated rings. The van der Waals surface area contributed by atoms with Crippen molar-refractivity contribution in [1.82, 2.24) is 25.5 Å². The Labute approximate surface area is 93.2 Å². The molecular formula is C9H15N5O2. The number of nitrogens with zero attached hydrogens (tertiary/aromatic N) is 4. The topological polar surface area (TPSA) is 84.0 Å². The van der Waals surface area contributed by atoms with Crippen molar-refractivity contribution < 1.29 is 9.53 Å². The van der Waals surface area contributed by atoms with Gasteiger partial charge in [0.15, 0.2) is 5.82 Å². The van der Waals surface area contributed by atoms with Crippen molar-refractivity contribution in [1.29, 1.82) is 0 Å². The van der Waals surface area contributed by atoms with E-state index in [9.17, 15) is 4.79 Å². The monoisotopic (exact) mass is 225 g/mol. The number of nitrogens with one attached hydrogen (secondary N) is 1. The number of H-pyrrole nitrogens is 1. The predicted octanol–water partition coefficient (Wildman–Crippen LogP) is 0.536. The van der Waals surface area contributed by atoms with Crippen LogP contribution < -0.4 is 0 Å². The lowest BCUT2D eigenvalue weighted by Gasteiger charge is -2.30. The summed E-state index contributed by atoms with van der Waals surface area (Å²) in [5.41, 5.74) is 0. The van der Waals surface area contributed by atoms with E-state index in [2.05, 4.69) is 20.6 Å². The number of tetrazole rings is 1. The number of likely N-dealkylation sites (tertiary alicyclic amines) is 1. The zero-order valence-electron chi connectivity index (χ0n) is 9.22. The first kappa shape index (κ1) is 10.8. The average molecular weight is 225 g/mol. The number of aromatic amines is 1. The number of ether oxygens (including phenoxy) is 1. The second-order valence-electron chi connectivity index (χ2n) is 3.77. The molecule has 0 bridgehead atoms. The van der Waals surface area contributed by atoms with Crippen molar-refractivity contribution >= 4 is 6.09 Å². The molecular weight excluding hydrogens is 210 g/mol. The van der Waals surface area contributed by atoms with Gasteiger partial charge >= 0.3 is 6.09 Å². The molecule has 0 radical (unpaired) electrons. The first-order chi connectivity index (χ1) is 7.81. The molecule has 88 valence electrons. The molecule has 2 rings (SSSR count). The molecule has 7 nitrogen and oxygen atoms in total. The summed E-state index contributed by atoms with van der Waals surface area (Å²) in [6.07, 6.45) is 1.69. The van der Waals surface area contributed by atoms with Crippen LogP contribution in [0.5, 0.6) is 0 Å². The van der Waals surface area contributed by atoms with Crippen LogP contribution in [0.1, 0.15) is 31.5 Å². The highest BCUT2D eigenvalue weighted by molar-refractivity contribution is 5.67. The highest BCUT2D eigenvalue weighted by Gasteiger charge is 2.27. The fraction of sp³-hybridized carbons (Fsp3) is 0.778. The van der Waals surface area contributed by atoms with E-state index in [1.54, 1.807) is 11.8 Å². The maximum Gasteiger partial charge on any atom is 0.409 e. The SMILES string of the molecule is CCOC(=O)N1CCCC(c2nnn[nH]2)C1. The standard InChI is InChI=1S/C9H15N5O2/c1-2-16-9(15)14-5-3-4-7(6-14)8-10-12-13-11-8/h7H,2-6H2,1H3,(H,10,11,12,13). The molecule has 1 N–H and O–H groups in total. The van der Waals surface area contributed by atoms with Crippen LogP contribution in [0.4, 0.5) is 4.79 Å². The fourth-order valence-corrected chi connectivity index (χ4v) is 1.92. The van der Waals surface area contributed by atoms with Crippen molar-refractivity contribution in [3.05, 3.63) is 5.82 Å². The Bertz CT molecular complexity index is 340. The van der Waals surface area contributed by atoms with Crippen LogP contribution in [0.3, 0.4) is 0 Å². The van der Waals surface area contributed by atoms with Gasteiger partial charge in [0.05, 0.1) is 6.61 Å². The highest BCUT2D eigenvalue weighted by Crippen LogP contribution is 2.23. The lowest BCUT2D eigenvalue weighted by atomic mass is 9.98. The van der Waals surface area contributed by atoms with Crippen LogP contribution in [0, 0.1) is 0 Å². The van der Waals surface area contributed by atoms with Crippen LogP contribution in [0.25, 0.3) is 0 Å². The van der Waals surface area contributed by atoms with Gasteiger partial charge in [-0.1, -0.05) is 0 Å². The van der Waals surface area contributed by atoms with Gasteiger partial charge in [-0.3, -0.25) is 0 Å². The molecule has 1 aromatic rings. The number of carbonyl (C=O) groups excluding carboxylic acids is 1. The second-order valence-corrected chi connectivity index (χ2v) is 3.77. The average Bonchev–Trinajstić information content (AvgIpc) is 2.83.